The molecule has 0 aliphatic carbocycles. The van der Waals surface area contributed by atoms with Gasteiger partial charge in [-0.1, -0.05) is 42.8 Å². The highest BCUT2D eigenvalue weighted by atomic mass is 16.2. The number of benzene rings is 2. The summed E-state index contributed by atoms with van der Waals surface area (Å²) in [5, 5.41) is 10.6. The Balaban J connectivity index is 1.56. The van der Waals surface area contributed by atoms with Gasteiger partial charge in [-0.2, -0.15) is 0 Å². The van der Waals surface area contributed by atoms with E-state index in [1.54, 1.807) is 0 Å². The predicted molar refractivity (Wildman–Crippen MR) is 111 cm³/mol. The van der Waals surface area contributed by atoms with Gasteiger partial charge in [0.15, 0.2) is 6.29 Å². The molecule has 0 spiro atoms. The fourth-order valence-corrected chi connectivity index (χ4v) is 3.54. The zero-order chi connectivity index (χ0) is 19.7. The zero-order valence-electron chi connectivity index (χ0n) is 16.4. The summed E-state index contributed by atoms with van der Waals surface area (Å²) in [6.45, 7) is 6.17. The maximum absolute atomic E-state index is 12.2. The van der Waals surface area contributed by atoms with Crippen molar-refractivity contribution in [3.8, 4) is 0 Å². The molecule has 3 aromatic rings. The minimum absolute atomic E-state index is 0.00748. The number of rotatable bonds is 4. The van der Waals surface area contributed by atoms with E-state index >= 15 is 0 Å². The topological polar surface area (TPSA) is 78.9 Å². The second kappa shape index (κ2) is 7.56. The molecule has 3 N–H and O–H groups in total. The predicted octanol–water partition coefficient (Wildman–Crippen LogP) is 3.36. The van der Waals surface area contributed by atoms with Gasteiger partial charge in [-0.25, -0.2) is 9.97 Å². The van der Waals surface area contributed by atoms with Gasteiger partial charge in [-0.05, 0) is 43.5 Å². The third-order valence-corrected chi connectivity index (χ3v) is 5.17. The van der Waals surface area contributed by atoms with Crippen LogP contribution in [0.2, 0.25) is 0 Å². The van der Waals surface area contributed by atoms with Gasteiger partial charge in [-0.3, -0.25) is 10.1 Å². The molecule has 2 heterocycles. The summed E-state index contributed by atoms with van der Waals surface area (Å²) < 4.78 is 0. The molecule has 0 saturated carbocycles. The minimum atomic E-state index is -0.431. The van der Waals surface area contributed by atoms with Crippen LogP contribution in [0.15, 0.2) is 42.5 Å². The van der Waals surface area contributed by atoms with E-state index < -0.39 is 6.29 Å². The summed E-state index contributed by atoms with van der Waals surface area (Å²) in [6.07, 6.45) is 0.950. The van der Waals surface area contributed by atoms with E-state index in [9.17, 15) is 4.79 Å². The standard InChI is InChI=1S/C22H25N5O/c1-4-15-7-10-18-17(11-15)14(3)23-21(24-18)27-22-25-19(12-20(28)26-22)16-8-5-13(2)6-9-16/h5-11,19,22,25H,4,12H2,1-3H3,(H,26,28)(H,23,24,27). The molecule has 2 aromatic carbocycles. The number of aryl methyl sites for hydroxylation is 3. The molecule has 144 valence electrons. The molecular formula is C22H25N5O. The molecular weight excluding hydrogens is 350 g/mol. The van der Waals surface area contributed by atoms with Gasteiger partial charge in [0.1, 0.15) is 0 Å². The van der Waals surface area contributed by atoms with E-state index in [-0.39, 0.29) is 11.9 Å². The average Bonchev–Trinajstić information content (AvgIpc) is 2.68. The van der Waals surface area contributed by atoms with E-state index in [1.165, 1.54) is 11.1 Å². The first-order chi connectivity index (χ1) is 13.5. The molecule has 1 amide bonds. The van der Waals surface area contributed by atoms with Crippen molar-refractivity contribution in [3.63, 3.8) is 0 Å². The molecule has 1 aliphatic heterocycles. The lowest BCUT2D eigenvalue weighted by Crippen LogP contribution is -2.56. The molecule has 6 nitrogen and oxygen atoms in total. The number of hydrogen-bond donors (Lipinski definition) is 3. The van der Waals surface area contributed by atoms with Crippen molar-refractivity contribution in [3.05, 3.63) is 64.8 Å². The minimum Gasteiger partial charge on any atom is -0.323 e. The van der Waals surface area contributed by atoms with Crippen LogP contribution in [0.3, 0.4) is 0 Å². The molecule has 1 aliphatic rings. The van der Waals surface area contributed by atoms with Crippen molar-refractivity contribution in [2.24, 2.45) is 0 Å². The van der Waals surface area contributed by atoms with Crippen LogP contribution in [0, 0.1) is 13.8 Å². The molecule has 1 aromatic heterocycles. The maximum Gasteiger partial charge on any atom is 0.226 e. The lowest BCUT2D eigenvalue weighted by Gasteiger charge is -2.32. The summed E-state index contributed by atoms with van der Waals surface area (Å²) in [5.41, 5.74) is 5.37. The van der Waals surface area contributed by atoms with E-state index in [0.29, 0.717) is 12.4 Å². The Hall–Kier alpha value is -2.99. The highest BCUT2D eigenvalue weighted by Gasteiger charge is 2.27. The van der Waals surface area contributed by atoms with Crippen LogP contribution in [-0.2, 0) is 11.2 Å². The number of fused-ring (bicyclic) bond motifs is 1. The number of carbonyl (C=O) groups is 1. The van der Waals surface area contributed by atoms with Crippen LogP contribution in [0.25, 0.3) is 10.9 Å². The quantitative estimate of drug-likeness (QED) is 0.652. The van der Waals surface area contributed by atoms with E-state index in [1.807, 2.05) is 13.0 Å². The van der Waals surface area contributed by atoms with Crippen LogP contribution in [-0.4, -0.2) is 22.2 Å². The Bertz CT molecular complexity index is 1020. The van der Waals surface area contributed by atoms with Crippen LogP contribution >= 0.6 is 0 Å². The van der Waals surface area contributed by atoms with Crippen LogP contribution in [0.5, 0.6) is 0 Å². The molecule has 2 unspecified atom stereocenters. The lowest BCUT2D eigenvalue weighted by atomic mass is 10.0. The molecule has 0 bridgehead atoms. The Morgan fingerprint density at radius 2 is 1.89 bits per heavy atom. The SMILES string of the molecule is CCc1ccc2nc(NC3NC(=O)CC(c4ccc(C)cc4)N3)nc(C)c2c1. The summed E-state index contributed by atoms with van der Waals surface area (Å²) in [7, 11) is 0. The number of amides is 1. The average molecular weight is 375 g/mol. The first kappa shape index (κ1) is 18.4. The summed E-state index contributed by atoms with van der Waals surface area (Å²) >= 11 is 0. The molecule has 4 rings (SSSR count). The van der Waals surface area contributed by atoms with Gasteiger partial charge >= 0.3 is 0 Å². The van der Waals surface area contributed by atoms with Crippen molar-refractivity contribution >= 4 is 22.8 Å². The van der Waals surface area contributed by atoms with Crippen molar-refractivity contribution in [1.29, 1.82) is 0 Å². The Morgan fingerprint density at radius 3 is 2.64 bits per heavy atom. The van der Waals surface area contributed by atoms with Crippen LogP contribution < -0.4 is 16.0 Å². The highest BCUT2D eigenvalue weighted by Crippen LogP contribution is 2.22. The Kier molecular flexibility index (Phi) is 4.96. The first-order valence-corrected chi connectivity index (χ1v) is 9.67. The van der Waals surface area contributed by atoms with Crippen molar-refractivity contribution < 1.29 is 4.79 Å². The van der Waals surface area contributed by atoms with Gasteiger partial charge in [0, 0.05) is 17.8 Å². The monoisotopic (exact) mass is 375 g/mol. The fraction of sp³-hybridized carbons (Fsp3) is 0.318. The van der Waals surface area contributed by atoms with Gasteiger partial charge < -0.3 is 10.6 Å². The van der Waals surface area contributed by atoms with Gasteiger partial charge in [0.2, 0.25) is 11.9 Å². The van der Waals surface area contributed by atoms with Crippen molar-refractivity contribution in [2.45, 2.75) is 45.9 Å². The summed E-state index contributed by atoms with van der Waals surface area (Å²) in [4.78, 5) is 21.5. The summed E-state index contributed by atoms with van der Waals surface area (Å²) in [6, 6.07) is 14.4. The fourth-order valence-electron chi connectivity index (χ4n) is 3.54. The van der Waals surface area contributed by atoms with E-state index in [0.717, 1.165) is 28.6 Å². The number of carbonyl (C=O) groups excluding carboxylic acids is 1. The first-order valence-electron chi connectivity index (χ1n) is 9.67. The lowest BCUT2D eigenvalue weighted by molar-refractivity contribution is -0.124. The van der Waals surface area contributed by atoms with E-state index in [4.69, 9.17) is 0 Å². The number of nitrogens with one attached hydrogen (secondary N) is 3. The van der Waals surface area contributed by atoms with Crippen molar-refractivity contribution in [1.82, 2.24) is 20.6 Å². The number of hydrogen-bond acceptors (Lipinski definition) is 5. The molecule has 6 heteroatoms. The summed E-state index contributed by atoms with van der Waals surface area (Å²) in [5.74, 6) is 0.489. The van der Waals surface area contributed by atoms with Crippen LogP contribution in [0.4, 0.5) is 5.95 Å². The smallest absolute Gasteiger partial charge is 0.226 e. The normalized spacial score (nSPS) is 19.5. The maximum atomic E-state index is 12.2. The van der Waals surface area contributed by atoms with Crippen molar-refractivity contribution in [2.75, 3.05) is 5.32 Å². The number of aromatic nitrogens is 2. The van der Waals surface area contributed by atoms with E-state index in [2.05, 4.69) is 76.2 Å². The molecule has 28 heavy (non-hydrogen) atoms. The molecule has 0 radical (unpaired) electrons. The highest BCUT2D eigenvalue weighted by molar-refractivity contribution is 5.82. The third kappa shape index (κ3) is 3.82. The van der Waals surface area contributed by atoms with Gasteiger partial charge in [0.05, 0.1) is 11.2 Å². The zero-order valence-corrected chi connectivity index (χ0v) is 16.4. The third-order valence-electron chi connectivity index (χ3n) is 5.17. The van der Waals surface area contributed by atoms with Gasteiger partial charge in [0.25, 0.3) is 0 Å². The Labute approximate surface area is 164 Å². The number of nitrogens with zero attached hydrogens (tertiary/aromatic N) is 2. The Morgan fingerprint density at radius 1 is 1.11 bits per heavy atom. The molecule has 2 atom stereocenters. The molecule has 1 fully saturated rings. The second-order valence-electron chi connectivity index (χ2n) is 7.32. The number of anilines is 1. The van der Waals surface area contributed by atoms with Gasteiger partial charge in [-0.15, -0.1) is 0 Å². The largest absolute Gasteiger partial charge is 0.323 e. The van der Waals surface area contributed by atoms with Crippen LogP contribution in [0.1, 0.15) is 41.8 Å². The second-order valence-corrected chi connectivity index (χ2v) is 7.32. The molecule has 1 saturated heterocycles.